The SMILES string of the molecule is Cc1ccc(-c2nc(C)c(C(C)C)c(N)n2)o1. The molecule has 2 aromatic rings. The number of hydrogen-bond acceptors (Lipinski definition) is 4. The van der Waals surface area contributed by atoms with Crippen molar-refractivity contribution in [3.8, 4) is 11.6 Å². The smallest absolute Gasteiger partial charge is 0.197 e. The summed E-state index contributed by atoms with van der Waals surface area (Å²) >= 11 is 0. The zero-order valence-corrected chi connectivity index (χ0v) is 10.6. The molecule has 2 N–H and O–H groups in total. The quantitative estimate of drug-likeness (QED) is 0.862. The first-order valence-electron chi connectivity index (χ1n) is 5.70. The zero-order chi connectivity index (χ0) is 12.6. The molecule has 0 spiro atoms. The van der Waals surface area contributed by atoms with Gasteiger partial charge in [-0.05, 0) is 31.9 Å². The Bertz CT molecular complexity index is 520. The summed E-state index contributed by atoms with van der Waals surface area (Å²) in [5.74, 6) is 2.91. The molecule has 0 saturated heterocycles. The lowest BCUT2D eigenvalue weighted by Gasteiger charge is -2.12. The number of aryl methyl sites for hydroxylation is 2. The summed E-state index contributed by atoms with van der Waals surface area (Å²) < 4.78 is 5.50. The van der Waals surface area contributed by atoms with E-state index in [1.807, 2.05) is 26.0 Å². The maximum absolute atomic E-state index is 5.97. The van der Waals surface area contributed by atoms with Crippen molar-refractivity contribution >= 4 is 5.82 Å². The second-order valence-corrected chi connectivity index (χ2v) is 4.50. The number of nitrogens with two attached hydrogens (primary N) is 1. The molecule has 0 radical (unpaired) electrons. The highest BCUT2D eigenvalue weighted by Gasteiger charge is 2.14. The normalized spacial score (nSPS) is 11.1. The molecule has 0 amide bonds. The van der Waals surface area contributed by atoms with E-state index in [1.54, 1.807) is 0 Å². The van der Waals surface area contributed by atoms with Gasteiger partial charge in [0.2, 0.25) is 0 Å². The minimum atomic E-state index is 0.322. The van der Waals surface area contributed by atoms with Gasteiger partial charge in [0, 0.05) is 11.3 Å². The minimum absolute atomic E-state index is 0.322. The molecule has 0 aliphatic carbocycles. The molecule has 0 bridgehead atoms. The van der Waals surface area contributed by atoms with E-state index in [1.165, 1.54) is 0 Å². The molecule has 0 unspecified atom stereocenters. The van der Waals surface area contributed by atoms with Gasteiger partial charge < -0.3 is 10.2 Å². The zero-order valence-electron chi connectivity index (χ0n) is 10.6. The molecule has 0 atom stereocenters. The molecule has 2 heterocycles. The van der Waals surface area contributed by atoms with E-state index in [-0.39, 0.29) is 0 Å². The second-order valence-electron chi connectivity index (χ2n) is 4.50. The average Bonchev–Trinajstić information content (AvgIpc) is 2.63. The van der Waals surface area contributed by atoms with Crippen LogP contribution in [0.15, 0.2) is 16.5 Å². The highest BCUT2D eigenvalue weighted by atomic mass is 16.3. The van der Waals surface area contributed by atoms with E-state index < -0.39 is 0 Å². The van der Waals surface area contributed by atoms with Crippen LogP contribution in [0.25, 0.3) is 11.6 Å². The Balaban J connectivity index is 2.52. The highest BCUT2D eigenvalue weighted by Crippen LogP contribution is 2.26. The third kappa shape index (κ3) is 2.16. The number of rotatable bonds is 2. The monoisotopic (exact) mass is 231 g/mol. The molecule has 0 aliphatic rings. The van der Waals surface area contributed by atoms with Crippen LogP contribution in [0.3, 0.4) is 0 Å². The van der Waals surface area contributed by atoms with E-state index in [2.05, 4.69) is 23.8 Å². The number of nitrogens with zero attached hydrogens (tertiary/aromatic N) is 2. The summed E-state index contributed by atoms with van der Waals surface area (Å²) in [4.78, 5) is 8.77. The van der Waals surface area contributed by atoms with Gasteiger partial charge in [-0.2, -0.15) is 0 Å². The van der Waals surface area contributed by atoms with Crippen molar-refractivity contribution in [2.24, 2.45) is 0 Å². The molecule has 0 aliphatic heterocycles. The van der Waals surface area contributed by atoms with E-state index in [4.69, 9.17) is 10.2 Å². The van der Waals surface area contributed by atoms with Crippen molar-refractivity contribution in [1.29, 1.82) is 0 Å². The van der Waals surface area contributed by atoms with E-state index in [0.29, 0.717) is 23.3 Å². The maximum atomic E-state index is 5.97. The van der Waals surface area contributed by atoms with Crippen LogP contribution in [0.2, 0.25) is 0 Å². The fourth-order valence-corrected chi connectivity index (χ4v) is 1.98. The number of nitrogen functional groups attached to an aromatic ring is 1. The lowest BCUT2D eigenvalue weighted by molar-refractivity contribution is 0.543. The maximum Gasteiger partial charge on any atom is 0.197 e. The van der Waals surface area contributed by atoms with Crippen molar-refractivity contribution in [3.63, 3.8) is 0 Å². The topological polar surface area (TPSA) is 64.9 Å². The molecule has 0 aromatic carbocycles. The first-order chi connectivity index (χ1) is 7.99. The lowest BCUT2D eigenvalue weighted by atomic mass is 10.0. The number of anilines is 1. The lowest BCUT2D eigenvalue weighted by Crippen LogP contribution is -2.06. The van der Waals surface area contributed by atoms with Gasteiger partial charge in [0.05, 0.1) is 0 Å². The Labute approximate surface area is 101 Å². The van der Waals surface area contributed by atoms with Crippen molar-refractivity contribution in [3.05, 3.63) is 29.2 Å². The molecule has 4 nitrogen and oxygen atoms in total. The summed E-state index contributed by atoms with van der Waals surface area (Å²) in [6, 6.07) is 3.75. The predicted molar refractivity (Wildman–Crippen MR) is 67.7 cm³/mol. The number of hydrogen-bond donors (Lipinski definition) is 1. The van der Waals surface area contributed by atoms with Gasteiger partial charge in [-0.1, -0.05) is 13.8 Å². The third-order valence-corrected chi connectivity index (χ3v) is 2.70. The third-order valence-electron chi connectivity index (χ3n) is 2.70. The average molecular weight is 231 g/mol. The largest absolute Gasteiger partial charge is 0.458 e. The fraction of sp³-hybridized carbons (Fsp3) is 0.385. The number of aromatic nitrogens is 2. The molecular formula is C13H17N3O. The molecular weight excluding hydrogens is 214 g/mol. The van der Waals surface area contributed by atoms with E-state index in [0.717, 1.165) is 17.0 Å². The van der Waals surface area contributed by atoms with Gasteiger partial charge in [0.15, 0.2) is 11.6 Å². The Morgan fingerprint density at radius 2 is 1.88 bits per heavy atom. The standard InChI is InChI=1S/C13H17N3O/c1-7(2)11-9(4)15-13(16-12(11)14)10-6-5-8(3)17-10/h5-7H,1-4H3,(H2,14,15,16). The first-order valence-corrected chi connectivity index (χ1v) is 5.70. The van der Waals surface area contributed by atoms with Crippen molar-refractivity contribution in [2.75, 3.05) is 5.73 Å². The fourth-order valence-electron chi connectivity index (χ4n) is 1.98. The van der Waals surface area contributed by atoms with Crippen molar-refractivity contribution < 1.29 is 4.42 Å². The van der Waals surface area contributed by atoms with Crippen LogP contribution in [0.1, 0.15) is 36.8 Å². The molecule has 2 rings (SSSR count). The van der Waals surface area contributed by atoms with Gasteiger partial charge in [0.25, 0.3) is 0 Å². The van der Waals surface area contributed by atoms with Crippen LogP contribution in [-0.2, 0) is 0 Å². The van der Waals surface area contributed by atoms with Crippen molar-refractivity contribution in [1.82, 2.24) is 9.97 Å². The molecule has 0 fully saturated rings. The molecule has 4 heteroatoms. The van der Waals surface area contributed by atoms with Gasteiger partial charge in [-0.3, -0.25) is 0 Å². The van der Waals surface area contributed by atoms with Gasteiger partial charge in [-0.15, -0.1) is 0 Å². The Kier molecular flexibility index (Phi) is 2.88. The first kappa shape index (κ1) is 11.6. The Hall–Kier alpha value is -1.84. The highest BCUT2D eigenvalue weighted by molar-refractivity contribution is 5.54. The summed E-state index contributed by atoms with van der Waals surface area (Å²) in [6.45, 7) is 8.01. The van der Waals surface area contributed by atoms with Crippen LogP contribution in [0.5, 0.6) is 0 Å². The van der Waals surface area contributed by atoms with Crippen LogP contribution in [0, 0.1) is 13.8 Å². The summed E-state index contributed by atoms with van der Waals surface area (Å²) in [7, 11) is 0. The van der Waals surface area contributed by atoms with Crippen molar-refractivity contribution in [2.45, 2.75) is 33.6 Å². The molecule has 90 valence electrons. The van der Waals surface area contributed by atoms with Gasteiger partial charge in [-0.25, -0.2) is 9.97 Å². The van der Waals surface area contributed by atoms with E-state index in [9.17, 15) is 0 Å². The van der Waals surface area contributed by atoms with Crippen LogP contribution >= 0.6 is 0 Å². The summed E-state index contributed by atoms with van der Waals surface area (Å²) in [6.07, 6.45) is 0. The van der Waals surface area contributed by atoms with Crippen LogP contribution in [-0.4, -0.2) is 9.97 Å². The molecule has 2 aromatic heterocycles. The van der Waals surface area contributed by atoms with Gasteiger partial charge in [0.1, 0.15) is 11.6 Å². The minimum Gasteiger partial charge on any atom is -0.458 e. The van der Waals surface area contributed by atoms with Gasteiger partial charge >= 0.3 is 0 Å². The number of furan rings is 1. The summed E-state index contributed by atoms with van der Waals surface area (Å²) in [5, 5.41) is 0. The van der Waals surface area contributed by atoms with Crippen LogP contribution < -0.4 is 5.73 Å². The Morgan fingerprint density at radius 1 is 1.18 bits per heavy atom. The molecule has 17 heavy (non-hydrogen) atoms. The molecule has 0 saturated carbocycles. The second kappa shape index (κ2) is 4.20. The predicted octanol–water partition coefficient (Wildman–Crippen LogP) is 3.06. The summed E-state index contributed by atoms with van der Waals surface area (Å²) in [5.41, 5.74) is 7.90. The van der Waals surface area contributed by atoms with Crippen LogP contribution in [0.4, 0.5) is 5.82 Å². The van der Waals surface area contributed by atoms with E-state index >= 15 is 0 Å². The Morgan fingerprint density at radius 3 is 2.35 bits per heavy atom.